The first-order chi connectivity index (χ1) is 11.8. The molecule has 4 nitrogen and oxygen atoms in total. The zero-order valence-corrected chi connectivity index (χ0v) is 14.4. The van der Waals surface area contributed by atoms with Gasteiger partial charge in [-0.05, 0) is 49.2 Å². The molecule has 0 radical (unpaired) electrons. The van der Waals surface area contributed by atoms with Crippen LogP contribution in [-0.4, -0.2) is 12.5 Å². The van der Waals surface area contributed by atoms with Crippen molar-refractivity contribution in [2.75, 3.05) is 5.32 Å². The number of alkyl halides is 2. The van der Waals surface area contributed by atoms with E-state index >= 15 is 0 Å². The molecule has 2 rings (SSSR count). The zero-order valence-electron chi connectivity index (χ0n) is 14.4. The van der Waals surface area contributed by atoms with E-state index in [2.05, 4.69) is 15.4 Å². The molecule has 2 atom stereocenters. The first-order valence-corrected chi connectivity index (χ1v) is 8.03. The fraction of sp³-hybridized carbons (Fsp3) is 0.316. The Labute approximate surface area is 146 Å². The van der Waals surface area contributed by atoms with Gasteiger partial charge in [-0.1, -0.05) is 24.3 Å². The van der Waals surface area contributed by atoms with Crippen LogP contribution in [0.3, 0.4) is 0 Å². The molecule has 6 heteroatoms. The van der Waals surface area contributed by atoms with Gasteiger partial charge in [0.2, 0.25) is 5.91 Å². The fourth-order valence-corrected chi connectivity index (χ4v) is 2.59. The van der Waals surface area contributed by atoms with Crippen LogP contribution in [0.1, 0.15) is 44.0 Å². The summed E-state index contributed by atoms with van der Waals surface area (Å²) in [5, 5.41) is 6.22. The number of anilines is 1. The third-order valence-corrected chi connectivity index (χ3v) is 3.81. The second-order valence-electron chi connectivity index (χ2n) is 5.86. The lowest BCUT2D eigenvalue weighted by Crippen LogP contribution is -2.22. The molecule has 0 saturated carbocycles. The third-order valence-electron chi connectivity index (χ3n) is 3.81. The molecule has 0 bridgehead atoms. The predicted octanol–water partition coefficient (Wildman–Crippen LogP) is 4.66. The van der Waals surface area contributed by atoms with Crippen LogP contribution >= 0.6 is 0 Å². The van der Waals surface area contributed by atoms with Crippen LogP contribution in [0.2, 0.25) is 0 Å². The molecule has 0 spiro atoms. The predicted molar refractivity (Wildman–Crippen MR) is 93.8 cm³/mol. The molecule has 2 N–H and O–H groups in total. The topological polar surface area (TPSA) is 50.4 Å². The van der Waals surface area contributed by atoms with E-state index < -0.39 is 6.61 Å². The van der Waals surface area contributed by atoms with Crippen molar-refractivity contribution in [1.29, 1.82) is 0 Å². The van der Waals surface area contributed by atoms with E-state index in [1.807, 2.05) is 38.1 Å². The maximum Gasteiger partial charge on any atom is 0.387 e. The molecule has 0 aliphatic carbocycles. The Morgan fingerprint density at radius 3 is 2.24 bits per heavy atom. The van der Waals surface area contributed by atoms with Crippen LogP contribution in [0.25, 0.3) is 0 Å². The van der Waals surface area contributed by atoms with E-state index in [1.54, 1.807) is 12.1 Å². The average molecular weight is 348 g/mol. The van der Waals surface area contributed by atoms with Gasteiger partial charge in [0.1, 0.15) is 5.75 Å². The summed E-state index contributed by atoms with van der Waals surface area (Å²) in [5.74, 6) is 0.0271. The minimum atomic E-state index is -2.82. The molecule has 2 unspecified atom stereocenters. The van der Waals surface area contributed by atoms with Gasteiger partial charge in [0.25, 0.3) is 0 Å². The van der Waals surface area contributed by atoms with Gasteiger partial charge in [-0.15, -0.1) is 0 Å². The van der Waals surface area contributed by atoms with Gasteiger partial charge >= 0.3 is 6.61 Å². The van der Waals surface area contributed by atoms with Crippen molar-refractivity contribution in [2.45, 2.75) is 39.5 Å². The summed E-state index contributed by atoms with van der Waals surface area (Å²) in [5.41, 5.74) is 2.75. The highest BCUT2D eigenvalue weighted by molar-refractivity contribution is 5.88. The smallest absolute Gasteiger partial charge is 0.387 e. The van der Waals surface area contributed by atoms with Crippen LogP contribution in [0.4, 0.5) is 14.5 Å². The monoisotopic (exact) mass is 348 g/mol. The van der Waals surface area contributed by atoms with Gasteiger partial charge < -0.3 is 15.4 Å². The number of carbonyl (C=O) groups excluding carboxylic acids is 1. The number of amides is 1. The Bertz CT molecular complexity index is 705. The number of halogens is 2. The highest BCUT2D eigenvalue weighted by atomic mass is 19.3. The zero-order chi connectivity index (χ0) is 18.4. The second kappa shape index (κ2) is 8.58. The normalized spacial score (nSPS) is 13.4. The quantitative estimate of drug-likeness (QED) is 0.765. The van der Waals surface area contributed by atoms with E-state index in [0.717, 1.165) is 16.8 Å². The molecule has 2 aromatic rings. The highest BCUT2D eigenvalue weighted by Gasteiger charge is 2.12. The summed E-state index contributed by atoms with van der Waals surface area (Å²) in [4.78, 5) is 11.2. The van der Waals surface area contributed by atoms with Crippen molar-refractivity contribution in [3.05, 3.63) is 59.7 Å². The van der Waals surface area contributed by atoms with E-state index in [4.69, 9.17) is 0 Å². The lowest BCUT2D eigenvalue weighted by atomic mass is 10.0. The largest absolute Gasteiger partial charge is 0.435 e. The summed E-state index contributed by atoms with van der Waals surface area (Å²) in [6.07, 6.45) is 0. The first kappa shape index (κ1) is 18.9. The van der Waals surface area contributed by atoms with Crippen LogP contribution in [-0.2, 0) is 4.79 Å². The molecular weight excluding hydrogens is 326 g/mol. The molecule has 0 heterocycles. The molecular formula is C19H22F2N2O2. The number of hydrogen-bond donors (Lipinski definition) is 2. The molecule has 0 saturated heterocycles. The van der Waals surface area contributed by atoms with Crippen LogP contribution < -0.4 is 15.4 Å². The molecule has 0 aliphatic heterocycles. The SMILES string of the molecule is CC(=O)Nc1cccc(C(C)NC(C)c2ccc(OC(F)F)cc2)c1. The number of nitrogens with one attached hydrogen (secondary N) is 2. The molecule has 0 fully saturated rings. The van der Waals surface area contributed by atoms with Gasteiger partial charge in [-0.25, -0.2) is 0 Å². The Kier molecular flexibility index (Phi) is 6.47. The van der Waals surface area contributed by atoms with E-state index in [9.17, 15) is 13.6 Å². The number of carbonyl (C=O) groups is 1. The Hall–Kier alpha value is -2.47. The fourth-order valence-electron chi connectivity index (χ4n) is 2.59. The summed E-state index contributed by atoms with van der Waals surface area (Å²) >= 11 is 0. The standard InChI is InChI=1S/C19H22F2N2O2/c1-12(15-7-9-18(10-8-15)25-19(20)21)22-13(2)16-5-4-6-17(11-16)23-14(3)24/h4-13,19,22H,1-3H3,(H,23,24). The number of ether oxygens (including phenoxy) is 1. The third kappa shape index (κ3) is 5.83. The molecule has 25 heavy (non-hydrogen) atoms. The number of benzene rings is 2. The van der Waals surface area contributed by atoms with Gasteiger partial charge in [0.05, 0.1) is 0 Å². The van der Waals surface area contributed by atoms with Gasteiger partial charge in [-0.2, -0.15) is 8.78 Å². The summed E-state index contributed by atoms with van der Waals surface area (Å²) < 4.78 is 28.7. The van der Waals surface area contributed by atoms with E-state index in [1.165, 1.54) is 19.1 Å². The van der Waals surface area contributed by atoms with Crippen molar-refractivity contribution < 1.29 is 18.3 Å². The van der Waals surface area contributed by atoms with E-state index in [-0.39, 0.29) is 23.7 Å². The highest BCUT2D eigenvalue weighted by Crippen LogP contribution is 2.23. The summed E-state index contributed by atoms with van der Waals surface area (Å²) in [6.45, 7) is 2.67. The van der Waals surface area contributed by atoms with Crippen molar-refractivity contribution >= 4 is 11.6 Å². The molecule has 0 aromatic heterocycles. The molecule has 0 aliphatic rings. The first-order valence-electron chi connectivity index (χ1n) is 8.03. The molecule has 1 amide bonds. The van der Waals surface area contributed by atoms with Crippen LogP contribution in [0.15, 0.2) is 48.5 Å². The van der Waals surface area contributed by atoms with E-state index in [0.29, 0.717) is 0 Å². The van der Waals surface area contributed by atoms with Gasteiger partial charge in [0.15, 0.2) is 0 Å². The summed E-state index contributed by atoms with van der Waals surface area (Å²) in [6, 6.07) is 14.3. The van der Waals surface area contributed by atoms with Crippen molar-refractivity contribution in [3.63, 3.8) is 0 Å². The Morgan fingerprint density at radius 2 is 1.64 bits per heavy atom. The van der Waals surface area contributed by atoms with Gasteiger partial charge in [-0.3, -0.25) is 4.79 Å². The molecule has 134 valence electrons. The second-order valence-corrected chi connectivity index (χ2v) is 5.86. The maximum atomic E-state index is 12.2. The Balaban J connectivity index is 2.01. The van der Waals surface area contributed by atoms with Crippen LogP contribution in [0.5, 0.6) is 5.75 Å². The lowest BCUT2D eigenvalue weighted by Gasteiger charge is -2.21. The van der Waals surface area contributed by atoms with Crippen molar-refractivity contribution in [3.8, 4) is 5.75 Å². The minimum Gasteiger partial charge on any atom is -0.435 e. The molecule has 2 aromatic carbocycles. The average Bonchev–Trinajstić information content (AvgIpc) is 2.54. The number of rotatable bonds is 7. The lowest BCUT2D eigenvalue weighted by molar-refractivity contribution is -0.114. The minimum absolute atomic E-state index is 0.0139. The van der Waals surface area contributed by atoms with Crippen molar-refractivity contribution in [1.82, 2.24) is 5.32 Å². The van der Waals surface area contributed by atoms with Crippen molar-refractivity contribution in [2.24, 2.45) is 0 Å². The van der Waals surface area contributed by atoms with Crippen LogP contribution in [0, 0.1) is 0 Å². The van der Waals surface area contributed by atoms with Gasteiger partial charge in [0, 0.05) is 24.7 Å². The maximum absolute atomic E-state index is 12.2. The number of hydrogen-bond acceptors (Lipinski definition) is 3. The Morgan fingerprint density at radius 1 is 1.00 bits per heavy atom. The summed E-state index contributed by atoms with van der Waals surface area (Å²) in [7, 11) is 0.